The number of piperazine rings is 1. The molecule has 0 atom stereocenters. The Morgan fingerprint density at radius 1 is 1.12 bits per heavy atom. The van der Waals surface area contributed by atoms with Crippen LogP contribution in [0.1, 0.15) is 21.7 Å². The Morgan fingerprint density at radius 2 is 1.91 bits per heavy atom. The molecule has 4 aromatic rings. The van der Waals surface area contributed by atoms with Gasteiger partial charge < -0.3 is 20.5 Å². The van der Waals surface area contributed by atoms with E-state index in [1.807, 2.05) is 25.1 Å². The number of rotatable bonds is 6. The Labute approximate surface area is 191 Å². The van der Waals surface area contributed by atoms with Crippen molar-refractivity contribution in [3.8, 4) is 0 Å². The Kier molecular flexibility index (Phi) is 5.76. The van der Waals surface area contributed by atoms with Crippen LogP contribution in [0.15, 0.2) is 42.7 Å². The summed E-state index contributed by atoms with van der Waals surface area (Å²) in [6.07, 6.45) is 3.28. The summed E-state index contributed by atoms with van der Waals surface area (Å²) < 4.78 is 0. The number of hydrogen-bond donors (Lipinski definition) is 4. The van der Waals surface area contributed by atoms with Gasteiger partial charge in [-0.25, -0.2) is 4.98 Å². The van der Waals surface area contributed by atoms with Gasteiger partial charge >= 0.3 is 0 Å². The fourth-order valence-electron chi connectivity index (χ4n) is 3.94. The maximum Gasteiger partial charge on any atom is 0.275 e. The van der Waals surface area contributed by atoms with Gasteiger partial charge in [-0.3, -0.25) is 14.8 Å². The summed E-state index contributed by atoms with van der Waals surface area (Å²) in [7, 11) is 2.16. The highest BCUT2D eigenvalue weighted by atomic mass is 16.2. The first-order valence-electron chi connectivity index (χ1n) is 11.0. The van der Waals surface area contributed by atoms with E-state index in [0.717, 1.165) is 55.1 Å². The molecule has 5 rings (SSSR count). The summed E-state index contributed by atoms with van der Waals surface area (Å²) >= 11 is 0. The summed E-state index contributed by atoms with van der Waals surface area (Å²) in [4.78, 5) is 29.6. The van der Waals surface area contributed by atoms with Crippen LogP contribution in [0.2, 0.25) is 0 Å². The molecular formula is C23H27N9O. The monoisotopic (exact) mass is 445 g/mol. The molecule has 0 bridgehead atoms. The molecule has 10 heteroatoms. The molecule has 1 aromatic carbocycles. The third-order valence-electron chi connectivity index (χ3n) is 5.83. The highest BCUT2D eigenvalue weighted by Gasteiger charge is 2.17. The van der Waals surface area contributed by atoms with Gasteiger partial charge in [0.2, 0.25) is 5.95 Å². The van der Waals surface area contributed by atoms with Crippen LogP contribution in [-0.4, -0.2) is 74.1 Å². The number of carbonyl (C=O) groups excluding carboxylic acids is 1. The largest absolute Gasteiger partial charge is 0.343 e. The number of aromatic amines is 2. The van der Waals surface area contributed by atoms with Crippen LogP contribution in [0, 0.1) is 6.92 Å². The number of H-pyrrole nitrogens is 2. The molecule has 0 spiro atoms. The van der Waals surface area contributed by atoms with Crippen LogP contribution in [0.25, 0.3) is 11.0 Å². The number of carbonyl (C=O) groups is 1. The lowest BCUT2D eigenvalue weighted by Crippen LogP contribution is -2.43. The van der Waals surface area contributed by atoms with Crippen LogP contribution in [-0.2, 0) is 6.54 Å². The molecule has 10 nitrogen and oxygen atoms in total. The summed E-state index contributed by atoms with van der Waals surface area (Å²) in [5.41, 5.74) is 4.51. The van der Waals surface area contributed by atoms with Crippen molar-refractivity contribution in [2.45, 2.75) is 13.5 Å². The summed E-state index contributed by atoms with van der Waals surface area (Å²) in [6.45, 7) is 7.22. The van der Waals surface area contributed by atoms with Crippen LogP contribution in [0.5, 0.6) is 0 Å². The van der Waals surface area contributed by atoms with Gasteiger partial charge in [-0.1, -0.05) is 12.1 Å². The number of nitrogens with zero attached hydrogens (tertiary/aromatic N) is 5. The van der Waals surface area contributed by atoms with Gasteiger partial charge in [0.05, 0.1) is 11.9 Å². The molecule has 33 heavy (non-hydrogen) atoms. The van der Waals surface area contributed by atoms with Crippen LogP contribution < -0.4 is 10.6 Å². The average Bonchev–Trinajstić information content (AvgIpc) is 3.42. The molecule has 1 aliphatic heterocycles. The van der Waals surface area contributed by atoms with Gasteiger partial charge in [-0.15, -0.1) is 0 Å². The van der Waals surface area contributed by atoms with E-state index in [2.05, 4.69) is 64.8 Å². The number of benzene rings is 1. The molecule has 4 heterocycles. The minimum Gasteiger partial charge on any atom is -0.343 e. The van der Waals surface area contributed by atoms with Gasteiger partial charge in [0.25, 0.3) is 5.91 Å². The van der Waals surface area contributed by atoms with Crippen molar-refractivity contribution >= 4 is 34.3 Å². The predicted molar refractivity (Wildman–Crippen MR) is 128 cm³/mol. The van der Waals surface area contributed by atoms with Crippen LogP contribution in [0.4, 0.5) is 17.3 Å². The van der Waals surface area contributed by atoms with E-state index in [0.29, 0.717) is 17.3 Å². The zero-order valence-corrected chi connectivity index (χ0v) is 18.7. The minimum atomic E-state index is -0.293. The second-order valence-corrected chi connectivity index (χ2v) is 8.46. The van der Waals surface area contributed by atoms with Crippen molar-refractivity contribution in [3.63, 3.8) is 0 Å². The van der Waals surface area contributed by atoms with E-state index in [1.54, 1.807) is 12.4 Å². The lowest BCUT2D eigenvalue weighted by atomic mass is 10.1. The second-order valence-electron chi connectivity index (χ2n) is 8.46. The Balaban J connectivity index is 1.22. The zero-order valence-electron chi connectivity index (χ0n) is 18.7. The van der Waals surface area contributed by atoms with Crippen molar-refractivity contribution < 1.29 is 4.79 Å². The number of anilines is 3. The van der Waals surface area contributed by atoms with Crippen LogP contribution in [0.3, 0.4) is 0 Å². The number of aryl methyl sites for hydroxylation is 1. The SMILES string of the molecule is Cc1cc2cnc(Nc3cn[nH]c3C(=O)Nc3ccc(CN4CCN(C)CC4)cc3)nc2[nH]1. The first-order valence-corrected chi connectivity index (χ1v) is 11.0. The van der Waals surface area contributed by atoms with Crippen molar-refractivity contribution in [2.24, 2.45) is 0 Å². The van der Waals surface area contributed by atoms with Gasteiger partial charge in [0, 0.05) is 55.7 Å². The summed E-state index contributed by atoms with van der Waals surface area (Å²) in [5.74, 6) is 0.0895. The quantitative estimate of drug-likeness (QED) is 0.360. The molecule has 4 N–H and O–H groups in total. The van der Waals surface area contributed by atoms with Crippen molar-refractivity contribution in [1.29, 1.82) is 0 Å². The van der Waals surface area contributed by atoms with Gasteiger partial charge in [-0.05, 0) is 37.7 Å². The number of aromatic nitrogens is 5. The van der Waals surface area contributed by atoms with E-state index in [4.69, 9.17) is 0 Å². The second kappa shape index (κ2) is 9.00. The average molecular weight is 446 g/mol. The third-order valence-corrected chi connectivity index (χ3v) is 5.83. The maximum atomic E-state index is 12.9. The van der Waals surface area contributed by atoms with Crippen molar-refractivity contribution in [2.75, 3.05) is 43.9 Å². The number of likely N-dealkylation sites (N-methyl/N-ethyl adjacent to an activating group) is 1. The number of nitrogens with one attached hydrogen (secondary N) is 4. The molecule has 1 fully saturated rings. The first kappa shape index (κ1) is 21.1. The van der Waals surface area contributed by atoms with Crippen molar-refractivity contribution in [3.05, 3.63) is 59.7 Å². The predicted octanol–water partition coefficient (Wildman–Crippen LogP) is 2.73. The molecule has 0 aliphatic carbocycles. The number of hydrogen-bond acceptors (Lipinski definition) is 7. The van der Waals surface area contributed by atoms with Gasteiger partial charge in [0.15, 0.2) is 0 Å². The minimum absolute atomic E-state index is 0.293. The number of fused-ring (bicyclic) bond motifs is 1. The van der Waals surface area contributed by atoms with E-state index < -0.39 is 0 Å². The van der Waals surface area contributed by atoms with E-state index in [-0.39, 0.29) is 5.91 Å². The molecular weight excluding hydrogens is 418 g/mol. The fraction of sp³-hybridized carbons (Fsp3) is 0.304. The molecule has 1 aliphatic rings. The molecule has 0 saturated carbocycles. The van der Waals surface area contributed by atoms with Gasteiger partial charge in [-0.2, -0.15) is 10.1 Å². The lowest BCUT2D eigenvalue weighted by Gasteiger charge is -2.32. The molecule has 0 radical (unpaired) electrons. The fourth-order valence-corrected chi connectivity index (χ4v) is 3.94. The molecule has 1 amide bonds. The maximum absolute atomic E-state index is 12.9. The molecule has 3 aromatic heterocycles. The smallest absolute Gasteiger partial charge is 0.275 e. The van der Waals surface area contributed by atoms with E-state index in [9.17, 15) is 4.79 Å². The third kappa shape index (κ3) is 4.86. The summed E-state index contributed by atoms with van der Waals surface area (Å²) in [5, 5.41) is 13.7. The number of amides is 1. The van der Waals surface area contributed by atoms with Crippen LogP contribution >= 0.6 is 0 Å². The summed E-state index contributed by atoms with van der Waals surface area (Å²) in [6, 6.07) is 9.95. The van der Waals surface area contributed by atoms with Crippen molar-refractivity contribution in [1.82, 2.24) is 34.9 Å². The normalized spacial score (nSPS) is 15.1. The topological polar surface area (TPSA) is 118 Å². The highest BCUT2D eigenvalue weighted by molar-refractivity contribution is 6.06. The molecule has 1 saturated heterocycles. The molecule has 0 unspecified atom stereocenters. The highest BCUT2D eigenvalue weighted by Crippen LogP contribution is 2.20. The van der Waals surface area contributed by atoms with Gasteiger partial charge in [0.1, 0.15) is 11.3 Å². The zero-order chi connectivity index (χ0) is 22.8. The molecule has 170 valence electrons. The Bertz CT molecular complexity index is 1250. The Morgan fingerprint density at radius 3 is 2.70 bits per heavy atom. The van der Waals surface area contributed by atoms with E-state index >= 15 is 0 Å². The standard InChI is InChI=1S/C23H27N9O/c1-15-11-17-12-24-23(29-21(17)26-15)28-19-13-25-30-20(19)22(33)27-18-5-3-16(4-6-18)14-32-9-7-31(2)8-10-32/h3-6,11-13H,7-10,14H2,1-2H3,(H,25,30)(H,27,33)(H2,24,26,28,29). The van der Waals surface area contributed by atoms with E-state index in [1.165, 1.54) is 5.56 Å². The lowest BCUT2D eigenvalue weighted by molar-refractivity contribution is 0.102. The first-order chi connectivity index (χ1) is 16.0. The Hall–Kier alpha value is -3.76.